The summed E-state index contributed by atoms with van der Waals surface area (Å²) in [4.78, 5) is 0. The minimum atomic E-state index is -0.409. The Labute approximate surface area is 253 Å². The van der Waals surface area contributed by atoms with Crippen LogP contribution in [0.25, 0.3) is 0 Å². The van der Waals surface area contributed by atoms with E-state index < -0.39 is 15.8 Å². The average Bonchev–Trinajstić information content (AvgIpc) is 3.68. The number of hydrogen-bond donors (Lipinski definition) is 0. The number of hydrogen-bond acceptors (Lipinski definition) is 0. The van der Waals surface area contributed by atoms with E-state index in [1.807, 2.05) is 0 Å². The third kappa shape index (κ3) is 7.82. The zero-order valence-electron chi connectivity index (χ0n) is 20.7. The summed E-state index contributed by atoms with van der Waals surface area (Å²) in [5, 5.41) is 8.47. The van der Waals surface area contributed by atoms with Crippen LogP contribution < -0.4 is 31.8 Å². The van der Waals surface area contributed by atoms with Gasteiger partial charge in [-0.3, -0.25) is 0 Å². The molecule has 0 saturated heterocycles. The summed E-state index contributed by atoms with van der Waals surface area (Å²) in [7, 11) is -0.818. The van der Waals surface area contributed by atoms with Crippen molar-refractivity contribution in [1.82, 2.24) is 0 Å². The molecule has 0 aromatic heterocycles. The molecule has 0 amide bonds. The Balaban J connectivity index is 0.000000200. The van der Waals surface area contributed by atoms with Gasteiger partial charge in [0.2, 0.25) is 0 Å². The molecule has 0 saturated carbocycles. The van der Waals surface area contributed by atoms with Crippen molar-refractivity contribution < 1.29 is 37.5 Å². The second-order valence-electron chi connectivity index (χ2n) is 8.30. The average molecular weight is 661 g/mol. The van der Waals surface area contributed by atoms with Gasteiger partial charge in [-0.1, -0.05) is 137 Å². The van der Waals surface area contributed by atoms with E-state index in [9.17, 15) is 0 Å². The van der Waals surface area contributed by atoms with Gasteiger partial charge in [0.1, 0.15) is 0 Å². The monoisotopic (exact) mass is 660 g/mol. The Hall–Kier alpha value is -2.38. The molecule has 0 aliphatic rings. The topological polar surface area (TPSA) is 0 Å². The number of benzene rings is 4. The molecule has 0 aliphatic carbocycles. The van der Waals surface area contributed by atoms with Crippen LogP contribution in [0.2, 0.25) is 0 Å². The number of rotatable bonds is 6. The predicted molar refractivity (Wildman–Crippen MR) is 161 cm³/mol. The molecule has 4 heteroatoms. The quantitative estimate of drug-likeness (QED) is 0.112. The standard InChI is InChI=1S/2C17H14P.Fe.Pd/c2*1-3-9-15(10-4-1)18(17-13-7-8-14-17)16-11-5-2-6-12-16;;/h2*1-14H;;/q2*-1;+2;. The van der Waals surface area contributed by atoms with Crippen molar-refractivity contribution in [1.29, 1.82) is 0 Å². The van der Waals surface area contributed by atoms with E-state index in [0.29, 0.717) is 0 Å². The summed E-state index contributed by atoms with van der Waals surface area (Å²) >= 11 is 0. The Bertz CT molecular complexity index is 1210. The molecule has 192 valence electrons. The molecule has 0 bridgehead atoms. The summed E-state index contributed by atoms with van der Waals surface area (Å²) < 4.78 is 0. The summed E-state index contributed by atoms with van der Waals surface area (Å²) in [5.74, 6) is 0. The van der Waals surface area contributed by atoms with Gasteiger partial charge in [0.05, 0.1) is 0 Å². The maximum atomic E-state index is 2.23. The van der Waals surface area contributed by atoms with Gasteiger partial charge in [-0.15, -0.1) is 10.6 Å². The van der Waals surface area contributed by atoms with Gasteiger partial charge in [0.25, 0.3) is 0 Å². The van der Waals surface area contributed by atoms with Gasteiger partial charge < -0.3 is 0 Å². The first kappa shape index (κ1) is 30.2. The van der Waals surface area contributed by atoms with Crippen LogP contribution in [0, 0.1) is 0 Å². The van der Waals surface area contributed by atoms with Gasteiger partial charge in [-0.05, 0) is 21.2 Å². The fourth-order valence-electron chi connectivity index (χ4n) is 4.23. The van der Waals surface area contributed by atoms with Gasteiger partial charge in [-0.2, -0.15) is 24.3 Å². The van der Waals surface area contributed by atoms with Gasteiger partial charge >= 0.3 is 17.1 Å². The second-order valence-corrected chi connectivity index (χ2v) is 12.7. The first-order chi connectivity index (χ1) is 17.9. The molecule has 0 fully saturated rings. The van der Waals surface area contributed by atoms with E-state index >= 15 is 0 Å². The fourth-order valence-corrected chi connectivity index (χ4v) is 8.84. The van der Waals surface area contributed by atoms with Crippen LogP contribution in [0.15, 0.2) is 170 Å². The predicted octanol–water partition coefficient (Wildman–Crippen LogP) is 6.32. The minimum absolute atomic E-state index is 0. The third-order valence-electron chi connectivity index (χ3n) is 5.86. The second kappa shape index (κ2) is 15.9. The first-order valence-electron chi connectivity index (χ1n) is 12.1. The van der Waals surface area contributed by atoms with E-state index in [-0.39, 0.29) is 37.5 Å². The molecule has 6 aromatic rings. The Morgan fingerprint density at radius 3 is 0.737 bits per heavy atom. The SMILES string of the molecule is [Fe+2].[Pd].c1ccc(P(c2ccccc2)[c-]2cccc2)cc1.c1ccc(P(c2ccccc2)[c-]2cccc2)cc1. The largest absolute Gasteiger partial charge is 2.00 e. The van der Waals surface area contributed by atoms with Crippen LogP contribution in [-0.4, -0.2) is 0 Å². The van der Waals surface area contributed by atoms with E-state index in [1.165, 1.54) is 31.8 Å². The zero-order chi connectivity index (χ0) is 24.4. The molecule has 0 N–H and O–H groups in total. The van der Waals surface area contributed by atoms with Crippen LogP contribution in [0.3, 0.4) is 0 Å². The molecule has 0 nitrogen and oxygen atoms in total. The van der Waals surface area contributed by atoms with Crippen molar-refractivity contribution in [3.63, 3.8) is 0 Å². The molecule has 6 rings (SSSR count). The van der Waals surface area contributed by atoms with Crippen LogP contribution in [0.4, 0.5) is 0 Å². The maximum Gasteiger partial charge on any atom is 2.00 e. The van der Waals surface area contributed by atoms with E-state index in [1.54, 1.807) is 0 Å². The molecule has 0 radical (unpaired) electrons. The van der Waals surface area contributed by atoms with Crippen molar-refractivity contribution in [2.75, 3.05) is 0 Å². The summed E-state index contributed by atoms with van der Waals surface area (Å²) in [6.45, 7) is 0. The molecule has 0 unspecified atom stereocenters. The van der Waals surface area contributed by atoms with Crippen molar-refractivity contribution in [2.24, 2.45) is 0 Å². The smallest absolute Gasteiger partial charge is 0.213 e. The molecule has 0 spiro atoms. The van der Waals surface area contributed by atoms with E-state index in [0.717, 1.165) is 0 Å². The van der Waals surface area contributed by atoms with Crippen LogP contribution in [-0.2, 0) is 37.5 Å². The summed E-state index contributed by atoms with van der Waals surface area (Å²) in [5.41, 5.74) is 0. The summed E-state index contributed by atoms with van der Waals surface area (Å²) in [6, 6.07) is 60.5. The van der Waals surface area contributed by atoms with Crippen molar-refractivity contribution >= 4 is 47.7 Å². The third-order valence-corrected chi connectivity index (χ3v) is 10.8. The van der Waals surface area contributed by atoms with Crippen LogP contribution >= 0.6 is 15.8 Å². The fraction of sp³-hybridized carbons (Fsp3) is 0. The molecular weight excluding hydrogens is 633 g/mol. The zero-order valence-corrected chi connectivity index (χ0v) is 25.2. The molecular formula is C34H28FeP2Pd. The van der Waals surface area contributed by atoms with Gasteiger partial charge in [-0.25, -0.2) is 24.3 Å². The van der Waals surface area contributed by atoms with Crippen molar-refractivity contribution in [2.45, 2.75) is 0 Å². The maximum absolute atomic E-state index is 2.23. The first-order valence-corrected chi connectivity index (χ1v) is 14.8. The van der Waals surface area contributed by atoms with Gasteiger partial charge in [0.15, 0.2) is 0 Å². The van der Waals surface area contributed by atoms with Crippen molar-refractivity contribution in [3.8, 4) is 0 Å². The molecule has 0 atom stereocenters. The normalized spacial score (nSPS) is 10.2. The van der Waals surface area contributed by atoms with Crippen LogP contribution in [0.5, 0.6) is 0 Å². The molecule has 6 aromatic carbocycles. The van der Waals surface area contributed by atoms with E-state index in [4.69, 9.17) is 0 Å². The minimum Gasteiger partial charge on any atom is -0.213 e. The molecule has 0 aliphatic heterocycles. The molecule has 0 heterocycles. The Morgan fingerprint density at radius 1 is 0.316 bits per heavy atom. The Kier molecular flexibility index (Phi) is 12.6. The Morgan fingerprint density at radius 2 is 0.526 bits per heavy atom. The van der Waals surface area contributed by atoms with Gasteiger partial charge in [0, 0.05) is 20.4 Å². The van der Waals surface area contributed by atoms with E-state index in [2.05, 4.69) is 170 Å². The molecule has 38 heavy (non-hydrogen) atoms. The van der Waals surface area contributed by atoms with Crippen molar-refractivity contribution in [3.05, 3.63) is 170 Å². The van der Waals surface area contributed by atoms with Crippen LogP contribution in [0.1, 0.15) is 0 Å². The summed E-state index contributed by atoms with van der Waals surface area (Å²) in [6.07, 6.45) is 0.